The Bertz CT molecular complexity index is 1460. The molecule has 1 saturated heterocycles. The number of hydrogen-bond acceptors (Lipinski definition) is 9. The van der Waals surface area contributed by atoms with Crippen LogP contribution >= 0.6 is 0 Å². The summed E-state index contributed by atoms with van der Waals surface area (Å²) in [5.41, 5.74) is 1.28. The largest absolute Gasteiger partial charge is 0.444 e. The number of ether oxygens (including phenoxy) is 4. The predicted molar refractivity (Wildman–Crippen MR) is 177 cm³/mol. The predicted octanol–water partition coefficient (Wildman–Crippen LogP) is 6.45. The van der Waals surface area contributed by atoms with Crippen LogP contribution in [0.4, 0.5) is 21.2 Å². The minimum absolute atomic E-state index is 0.0519. The fourth-order valence-electron chi connectivity index (χ4n) is 5.25. The number of rotatable bonds is 10. The average molecular weight is 639 g/mol. The van der Waals surface area contributed by atoms with Gasteiger partial charge in [0.15, 0.2) is 5.65 Å². The van der Waals surface area contributed by atoms with E-state index in [2.05, 4.69) is 24.3 Å². The van der Waals surface area contributed by atoms with Gasteiger partial charge in [0.1, 0.15) is 29.6 Å². The highest BCUT2D eigenvalue weighted by Crippen LogP contribution is 2.30. The number of anilines is 2. The summed E-state index contributed by atoms with van der Waals surface area (Å²) in [7, 11) is 1.58. The SMILES string of the molecule is COCO[C@H]1CN(C(=O)OC(C)(C)C)CC[C@@H]1CNc1cc(N(Cc2ccccc2)C(=O)OC(C)(C)C)n2ncc(C(C)C)c2n1. The second-order valence-electron chi connectivity index (χ2n) is 14.0. The maximum Gasteiger partial charge on any atom is 0.416 e. The molecule has 3 heterocycles. The number of likely N-dealkylation sites (tertiary alicyclic amines) is 1. The third kappa shape index (κ3) is 9.32. The van der Waals surface area contributed by atoms with E-state index in [1.165, 1.54) is 0 Å². The minimum Gasteiger partial charge on any atom is -0.444 e. The Labute approximate surface area is 272 Å². The lowest BCUT2D eigenvalue weighted by Crippen LogP contribution is -2.50. The Morgan fingerprint density at radius 3 is 2.39 bits per heavy atom. The highest BCUT2D eigenvalue weighted by molar-refractivity contribution is 5.88. The lowest BCUT2D eigenvalue weighted by atomic mass is 9.93. The number of fused-ring (bicyclic) bond motifs is 1. The van der Waals surface area contributed by atoms with Gasteiger partial charge in [-0.2, -0.15) is 9.61 Å². The molecular formula is C34H50N6O6. The molecule has 1 aliphatic rings. The zero-order valence-corrected chi connectivity index (χ0v) is 28.7. The smallest absolute Gasteiger partial charge is 0.416 e. The fraction of sp³-hybridized carbons (Fsp3) is 0.588. The average Bonchev–Trinajstić information content (AvgIpc) is 3.41. The number of piperidine rings is 1. The summed E-state index contributed by atoms with van der Waals surface area (Å²) in [5, 5.41) is 8.17. The molecule has 252 valence electrons. The molecular weight excluding hydrogens is 588 g/mol. The third-order valence-corrected chi connectivity index (χ3v) is 7.47. The van der Waals surface area contributed by atoms with Crippen LogP contribution in [0.1, 0.15) is 78.9 Å². The standard InChI is InChI=1S/C34H50N6O6/c1-23(2)26-19-36-40-29(39(32(42)46-34(6,7)8)20-24-13-11-10-12-14-24)17-28(37-30(26)40)35-18-25-15-16-38(21-27(25)44-22-43-9)31(41)45-33(3,4)5/h10-14,17,19,23,25,27H,15-16,18,20-22H2,1-9H3,(H,35,37)/t25-,27+/m1/s1. The molecule has 0 spiro atoms. The molecule has 0 unspecified atom stereocenters. The lowest BCUT2D eigenvalue weighted by molar-refractivity contribution is -0.111. The number of aromatic nitrogens is 3. The van der Waals surface area contributed by atoms with E-state index in [-0.39, 0.29) is 37.4 Å². The summed E-state index contributed by atoms with van der Waals surface area (Å²) < 4.78 is 24.4. The first-order valence-corrected chi connectivity index (χ1v) is 15.9. The molecule has 2 atom stereocenters. The van der Waals surface area contributed by atoms with Gasteiger partial charge in [0, 0.05) is 37.7 Å². The van der Waals surface area contributed by atoms with Gasteiger partial charge < -0.3 is 29.2 Å². The Morgan fingerprint density at radius 1 is 1.07 bits per heavy atom. The van der Waals surface area contributed by atoms with Gasteiger partial charge in [-0.3, -0.25) is 4.90 Å². The van der Waals surface area contributed by atoms with Crippen molar-refractivity contribution in [2.45, 2.75) is 91.6 Å². The van der Waals surface area contributed by atoms with Gasteiger partial charge in [0.05, 0.1) is 25.4 Å². The van der Waals surface area contributed by atoms with E-state index >= 15 is 0 Å². The Morgan fingerprint density at radius 2 is 1.76 bits per heavy atom. The molecule has 4 rings (SSSR count). The number of amides is 2. The van der Waals surface area contributed by atoms with Crippen molar-refractivity contribution >= 4 is 29.5 Å². The van der Waals surface area contributed by atoms with Crippen molar-refractivity contribution in [1.29, 1.82) is 0 Å². The van der Waals surface area contributed by atoms with E-state index in [9.17, 15) is 9.59 Å². The van der Waals surface area contributed by atoms with Gasteiger partial charge in [-0.25, -0.2) is 14.6 Å². The first-order chi connectivity index (χ1) is 21.6. The van der Waals surface area contributed by atoms with Crippen LogP contribution in [0.25, 0.3) is 5.65 Å². The molecule has 0 saturated carbocycles. The van der Waals surface area contributed by atoms with Crippen LogP contribution in [-0.2, 0) is 25.5 Å². The van der Waals surface area contributed by atoms with Crippen molar-refractivity contribution in [3.8, 4) is 0 Å². The number of hydrogen-bond donors (Lipinski definition) is 1. The molecule has 46 heavy (non-hydrogen) atoms. The normalized spacial score (nSPS) is 17.3. The Balaban J connectivity index is 1.65. The van der Waals surface area contributed by atoms with Crippen LogP contribution in [0.15, 0.2) is 42.6 Å². The van der Waals surface area contributed by atoms with Gasteiger partial charge in [-0.1, -0.05) is 44.2 Å². The van der Waals surface area contributed by atoms with E-state index in [4.69, 9.17) is 23.9 Å². The second kappa shape index (κ2) is 14.7. The summed E-state index contributed by atoms with van der Waals surface area (Å²) >= 11 is 0. The van der Waals surface area contributed by atoms with E-state index in [1.54, 1.807) is 27.6 Å². The molecule has 0 radical (unpaired) electrons. The van der Waals surface area contributed by atoms with Crippen molar-refractivity contribution in [3.63, 3.8) is 0 Å². The molecule has 0 aliphatic carbocycles. The van der Waals surface area contributed by atoms with Crippen LogP contribution in [0.5, 0.6) is 0 Å². The maximum absolute atomic E-state index is 13.7. The van der Waals surface area contributed by atoms with Crippen molar-refractivity contribution in [3.05, 3.63) is 53.7 Å². The van der Waals surface area contributed by atoms with E-state index in [0.29, 0.717) is 43.3 Å². The topological polar surface area (TPSA) is 120 Å². The Hall–Kier alpha value is -3.90. The third-order valence-electron chi connectivity index (χ3n) is 7.47. The number of nitrogens with one attached hydrogen (secondary N) is 1. The number of methoxy groups -OCH3 is 1. The van der Waals surface area contributed by atoms with E-state index < -0.39 is 17.3 Å². The zero-order valence-electron chi connectivity index (χ0n) is 28.7. The molecule has 12 heteroatoms. The Kier molecular flexibility index (Phi) is 11.2. The second-order valence-corrected chi connectivity index (χ2v) is 14.0. The molecule has 1 fully saturated rings. The van der Waals surface area contributed by atoms with Crippen molar-refractivity contribution < 1.29 is 28.5 Å². The first kappa shape index (κ1) is 35.0. The molecule has 2 aromatic heterocycles. The van der Waals surface area contributed by atoms with E-state index in [1.807, 2.05) is 77.9 Å². The van der Waals surface area contributed by atoms with Crippen LogP contribution in [-0.4, -0.2) is 82.5 Å². The summed E-state index contributed by atoms with van der Waals surface area (Å²) in [6.07, 6.45) is 1.37. The molecule has 2 amide bonds. The van der Waals surface area contributed by atoms with Crippen LogP contribution < -0.4 is 10.2 Å². The highest BCUT2D eigenvalue weighted by atomic mass is 16.7. The van der Waals surface area contributed by atoms with Crippen molar-refractivity contribution in [2.24, 2.45) is 5.92 Å². The molecule has 1 aromatic carbocycles. The van der Waals surface area contributed by atoms with E-state index in [0.717, 1.165) is 11.1 Å². The van der Waals surface area contributed by atoms with Crippen LogP contribution in [0, 0.1) is 5.92 Å². The fourth-order valence-corrected chi connectivity index (χ4v) is 5.25. The van der Waals surface area contributed by atoms with Crippen molar-refractivity contribution in [2.75, 3.05) is 43.8 Å². The van der Waals surface area contributed by atoms with Crippen LogP contribution in [0.3, 0.4) is 0 Å². The zero-order chi connectivity index (χ0) is 33.6. The van der Waals surface area contributed by atoms with Gasteiger partial charge in [0.25, 0.3) is 0 Å². The van der Waals surface area contributed by atoms with Gasteiger partial charge in [-0.15, -0.1) is 0 Å². The number of carbonyl (C=O) groups is 2. The maximum atomic E-state index is 13.7. The van der Waals surface area contributed by atoms with Gasteiger partial charge >= 0.3 is 12.2 Å². The number of benzene rings is 1. The molecule has 1 aliphatic heterocycles. The monoisotopic (exact) mass is 638 g/mol. The lowest BCUT2D eigenvalue weighted by Gasteiger charge is -2.38. The summed E-state index contributed by atoms with van der Waals surface area (Å²) in [5.74, 6) is 1.33. The minimum atomic E-state index is -0.697. The molecule has 0 bridgehead atoms. The van der Waals surface area contributed by atoms with Crippen molar-refractivity contribution in [1.82, 2.24) is 19.5 Å². The van der Waals surface area contributed by atoms with Crippen LogP contribution in [0.2, 0.25) is 0 Å². The van der Waals surface area contributed by atoms with Gasteiger partial charge in [0.2, 0.25) is 0 Å². The number of carbonyl (C=O) groups excluding carboxylic acids is 2. The molecule has 12 nitrogen and oxygen atoms in total. The number of nitrogens with zero attached hydrogens (tertiary/aromatic N) is 5. The quantitative estimate of drug-likeness (QED) is 0.250. The summed E-state index contributed by atoms with van der Waals surface area (Å²) in [4.78, 5) is 34.8. The highest BCUT2D eigenvalue weighted by Gasteiger charge is 2.35. The summed E-state index contributed by atoms with van der Waals surface area (Å²) in [6.45, 7) is 17.1. The molecule has 1 N–H and O–H groups in total. The summed E-state index contributed by atoms with van der Waals surface area (Å²) in [6, 6.07) is 11.6. The molecule has 3 aromatic rings. The van der Waals surface area contributed by atoms with Gasteiger partial charge in [-0.05, 0) is 59.4 Å². The first-order valence-electron chi connectivity index (χ1n) is 15.9.